The van der Waals surface area contributed by atoms with Gasteiger partial charge in [-0.05, 0) is 36.4 Å². The van der Waals surface area contributed by atoms with Crippen LogP contribution in [0.3, 0.4) is 0 Å². The number of aromatic nitrogens is 1. The fourth-order valence-corrected chi connectivity index (χ4v) is 3.69. The molecular formula is C24H15ClN2O3. The van der Waals surface area contributed by atoms with Crippen molar-refractivity contribution in [1.82, 2.24) is 4.73 Å². The van der Waals surface area contributed by atoms with Gasteiger partial charge in [0.2, 0.25) is 11.6 Å². The summed E-state index contributed by atoms with van der Waals surface area (Å²) in [5.74, 6) is -0.0542. The summed E-state index contributed by atoms with van der Waals surface area (Å²) in [5, 5.41) is 3.95. The maximum absolute atomic E-state index is 12.8. The maximum atomic E-state index is 12.8. The molecule has 30 heavy (non-hydrogen) atoms. The molecule has 146 valence electrons. The number of nitrogens with one attached hydrogen (secondary N) is 1. The van der Waals surface area contributed by atoms with E-state index in [1.807, 2.05) is 36.5 Å². The Balaban J connectivity index is 1.38. The molecule has 1 heterocycles. The number of halogens is 1. The van der Waals surface area contributed by atoms with Crippen LogP contribution in [0.25, 0.3) is 10.9 Å². The number of Topliss-reactive ketones (excluding diaryl/α,β-unsaturated/α-hetero) is 2. The van der Waals surface area contributed by atoms with Gasteiger partial charge in [0.05, 0.1) is 5.52 Å². The normalized spacial score (nSPS) is 13.5. The monoisotopic (exact) mass is 414 g/mol. The van der Waals surface area contributed by atoms with Gasteiger partial charge in [-0.1, -0.05) is 54.1 Å². The lowest BCUT2D eigenvalue weighted by Crippen LogP contribution is -2.24. The summed E-state index contributed by atoms with van der Waals surface area (Å²) in [5.41, 5.74) is 2.31. The molecule has 0 saturated heterocycles. The van der Waals surface area contributed by atoms with Gasteiger partial charge in [-0.15, -0.1) is 0 Å². The Morgan fingerprint density at radius 2 is 1.43 bits per heavy atom. The van der Waals surface area contributed by atoms with E-state index in [1.54, 1.807) is 53.3 Å². The third-order valence-corrected chi connectivity index (χ3v) is 5.31. The number of anilines is 1. The molecule has 0 aliphatic heterocycles. The Hall–Kier alpha value is -3.83. The number of carbonyl (C=O) groups excluding carboxylic acids is 2. The topological polar surface area (TPSA) is 60.3 Å². The van der Waals surface area contributed by atoms with Crippen molar-refractivity contribution in [3.05, 3.63) is 107 Å². The average Bonchev–Trinajstić information content (AvgIpc) is 3.19. The Labute approximate surface area is 177 Å². The molecule has 1 N–H and O–H groups in total. The van der Waals surface area contributed by atoms with E-state index in [-0.39, 0.29) is 22.3 Å². The van der Waals surface area contributed by atoms with Crippen molar-refractivity contribution in [2.24, 2.45) is 0 Å². The van der Waals surface area contributed by atoms with Gasteiger partial charge in [0.25, 0.3) is 0 Å². The molecule has 0 radical (unpaired) electrons. The fraction of sp³-hybridized carbons (Fsp3) is 0. The number of para-hydroxylation sites is 1. The molecule has 0 saturated carbocycles. The molecule has 0 unspecified atom stereocenters. The Morgan fingerprint density at radius 1 is 0.767 bits per heavy atom. The van der Waals surface area contributed by atoms with Crippen LogP contribution in [0.5, 0.6) is 5.75 Å². The van der Waals surface area contributed by atoms with Gasteiger partial charge < -0.3 is 10.2 Å². The van der Waals surface area contributed by atoms with Crippen LogP contribution >= 0.6 is 11.6 Å². The molecule has 5 rings (SSSR count). The highest BCUT2D eigenvalue weighted by Gasteiger charge is 2.31. The van der Waals surface area contributed by atoms with Crippen molar-refractivity contribution in [1.29, 1.82) is 0 Å². The van der Waals surface area contributed by atoms with Gasteiger partial charge in [0.1, 0.15) is 10.7 Å². The van der Waals surface area contributed by atoms with Crippen molar-refractivity contribution >= 4 is 39.8 Å². The van der Waals surface area contributed by atoms with Gasteiger partial charge in [-0.3, -0.25) is 9.59 Å². The first-order chi connectivity index (χ1) is 14.6. The van der Waals surface area contributed by atoms with Crippen LogP contribution in [-0.2, 0) is 0 Å². The second kappa shape index (κ2) is 7.21. The minimum atomic E-state index is -0.367. The number of ketones is 2. The molecule has 0 amide bonds. The number of carbonyl (C=O) groups is 2. The molecule has 1 aliphatic carbocycles. The summed E-state index contributed by atoms with van der Waals surface area (Å²) < 4.78 is 1.69. The second-order valence-electron chi connectivity index (χ2n) is 6.83. The zero-order valence-electron chi connectivity index (χ0n) is 15.6. The number of benzene rings is 3. The van der Waals surface area contributed by atoms with Gasteiger partial charge in [0, 0.05) is 28.4 Å². The lowest BCUT2D eigenvalue weighted by Gasteiger charge is -2.19. The number of fused-ring (bicyclic) bond motifs is 2. The van der Waals surface area contributed by atoms with Gasteiger partial charge >= 0.3 is 0 Å². The van der Waals surface area contributed by atoms with Crippen molar-refractivity contribution < 1.29 is 14.4 Å². The first-order valence-electron chi connectivity index (χ1n) is 9.31. The molecule has 0 bridgehead atoms. The lowest BCUT2D eigenvalue weighted by atomic mass is 9.92. The SMILES string of the molecule is O=C1C(Cl)=C(Nc2ccc(On3ccc4ccccc43)cc2)C(=O)c2ccccc21. The minimum absolute atomic E-state index is 0.0745. The second-order valence-corrected chi connectivity index (χ2v) is 7.21. The minimum Gasteiger partial charge on any atom is -0.375 e. The Morgan fingerprint density at radius 3 is 2.20 bits per heavy atom. The summed E-state index contributed by atoms with van der Waals surface area (Å²) in [4.78, 5) is 31.2. The highest BCUT2D eigenvalue weighted by molar-refractivity contribution is 6.50. The van der Waals surface area contributed by atoms with Crippen LogP contribution < -0.4 is 10.2 Å². The van der Waals surface area contributed by atoms with E-state index in [4.69, 9.17) is 16.4 Å². The molecule has 1 aliphatic rings. The number of hydrogen-bond donors (Lipinski definition) is 1. The number of nitrogens with zero attached hydrogens (tertiary/aromatic N) is 1. The van der Waals surface area contributed by atoms with Crippen molar-refractivity contribution in [2.45, 2.75) is 0 Å². The largest absolute Gasteiger partial charge is 0.375 e. The van der Waals surface area contributed by atoms with Crippen molar-refractivity contribution in [2.75, 3.05) is 5.32 Å². The van der Waals surface area contributed by atoms with E-state index < -0.39 is 0 Å². The Kier molecular flexibility index (Phi) is 4.38. The highest BCUT2D eigenvalue weighted by Crippen LogP contribution is 2.30. The molecule has 6 heteroatoms. The van der Waals surface area contributed by atoms with E-state index in [2.05, 4.69) is 5.32 Å². The van der Waals surface area contributed by atoms with Crippen molar-refractivity contribution in [3.8, 4) is 5.75 Å². The number of allylic oxidation sites excluding steroid dienone is 2. The summed E-state index contributed by atoms with van der Waals surface area (Å²) in [6.07, 6.45) is 1.85. The molecule has 0 spiro atoms. The van der Waals surface area contributed by atoms with E-state index in [0.29, 0.717) is 22.6 Å². The molecule has 0 atom stereocenters. The average molecular weight is 415 g/mol. The summed E-state index contributed by atoms with van der Waals surface area (Å²) in [6.45, 7) is 0. The van der Waals surface area contributed by atoms with Gasteiger partial charge in [-0.25, -0.2) is 0 Å². The van der Waals surface area contributed by atoms with Gasteiger partial charge in [-0.2, -0.15) is 4.73 Å². The third kappa shape index (κ3) is 3.06. The predicted octanol–water partition coefficient (Wildman–Crippen LogP) is 5.42. The van der Waals surface area contributed by atoms with Crippen LogP contribution in [0.1, 0.15) is 20.7 Å². The zero-order valence-corrected chi connectivity index (χ0v) is 16.4. The molecule has 0 fully saturated rings. The number of hydrogen-bond acceptors (Lipinski definition) is 4. The number of rotatable bonds is 4. The van der Waals surface area contributed by atoms with Crippen LogP contribution in [0.15, 0.2) is 95.8 Å². The first-order valence-corrected chi connectivity index (χ1v) is 9.69. The molecule has 1 aromatic heterocycles. The lowest BCUT2D eigenvalue weighted by molar-refractivity contribution is 0.0982. The third-order valence-electron chi connectivity index (χ3n) is 4.95. The molecule has 5 nitrogen and oxygen atoms in total. The van der Waals surface area contributed by atoms with E-state index >= 15 is 0 Å². The van der Waals surface area contributed by atoms with Crippen LogP contribution in [-0.4, -0.2) is 16.3 Å². The van der Waals surface area contributed by atoms with E-state index in [9.17, 15) is 9.59 Å². The smallest absolute Gasteiger partial charge is 0.211 e. The van der Waals surface area contributed by atoms with E-state index in [1.165, 1.54) is 0 Å². The summed E-state index contributed by atoms with van der Waals surface area (Å²) in [6, 6.07) is 23.6. The first kappa shape index (κ1) is 18.2. The van der Waals surface area contributed by atoms with Crippen LogP contribution in [0.2, 0.25) is 0 Å². The molecule has 4 aromatic rings. The molecule has 3 aromatic carbocycles. The zero-order chi connectivity index (χ0) is 20.7. The van der Waals surface area contributed by atoms with Crippen LogP contribution in [0, 0.1) is 0 Å². The summed E-state index contributed by atoms with van der Waals surface area (Å²) in [7, 11) is 0. The van der Waals surface area contributed by atoms with Crippen molar-refractivity contribution in [3.63, 3.8) is 0 Å². The molecular weight excluding hydrogens is 400 g/mol. The summed E-state index contributed by atoms with van der Waals surface area (Å²) >= 11 is 6.21. The van der Waals surface area contributed by atoms with Crippen LogP contribution in [0.4, 0.5) is 5.69 Å². The van der Waals surface area contributed by atoms with E-state index in [0.717, 1.165) is 10.9 Å². The predicted molar refractivity (Wildman–Crippen MR) is 116 cm³/mol. The highest BCUT2D eigenvalue weighted by atomic mass is 35.5. The fourth-order valence-electron chi connectivity index (χ4n) is 3.45. The standard InChI is InChI=1S/C24H15ClN2O3/c25-21-22(24(29)19-7-3-2-6-18(19)23(21)28)26-16-9-11-17(12-10-16)30-27-14-13-15-5-1-4-8-20(15)27/h1-14,26H. The maximum Gasteiger partial charge on any atom is 0.211 e. The van der Waals surface area contributed by atoms with Gasteiger partial charge in [0.15, 0.2) is 5.75 Å². The Bertz CT molecular complexity index is 1340. The quantitative estimate of drug-likeness (QED) is 0.484.